The zero-order valence-electron chi connectivity index (χ0n) is 17.7. The summed E-state index contributed by atoms with van der Waals surface area (Å²) >= 11 is 0. The summed E-state index contributed by atoms with van der Waals surface area (Å²) in [6, 6.07) is 3.89. The van der Waals surface area contributed by atoms with Gasteiger partial charge < -0.3 is 20.3 Å². The first kappa shape index (κ1) is 19.1. The zero-order chi connectivity index (χ0) is 20.9. The lowest BCUT2D eigenvalue weighted by Crippen LogP contribution is -2.69. The van der Waals surface area contributed by atoms with Gasteiger partial charge in [-0.1, -0.05) is 0 Å². The number of amides is 1. The summed E-state index contributed by atoms with van der Waals surface area (Å²) in [5, 5.41) is 13.8. The van der Waals surface area contributed by atoms with Crippen LogP contribution in [0.4, 0.5) is 22.4 Å². The van der Waals surface area contributed by atoms with E-state index in [9.17, 15) is 4.79 Å². The highest BCUT2D eigenvalue weighted by Gasteiger charge is 2.52. The molecule has 9 nitrogen and oxygen atoms in total. The van der Waals surface area contributed by atoms with Gasteiger partial charge in [0.1, 0.15) is 11.4 Å². The lowest BCUT2D eigenvalue weighted by molar-refractivity contribution is 0.0230. The van der Waals surface area contributed by atoms with Crippen LogP contribution >= 0.6 is 0 Å². The smallest absolute Gasteiger partial charge is 0.408 e. The van der Waals surface area contributed by atoms with E-state index in [4.69, 9.17) is 9.72 Å². The Kier molecular flexibility index (Phi) is 4.37. The number of ether oxygens (including phenoxy) is 1. The minimum Gasteiger partial charge on any atom is -0.444 e. The number of nitrogens with zero attached hydrogens (tertiary/aromatic N) is 4. The summed E-state index contributed by atoms with van der Waals surface area (Å²) in [5.74, 6) is 3.30. The number of fused-ring (bicyclic) bond motifs is 2. The van der Waals surface area contributed by atoms with Crippen molar-refractivity contribution in [1.82, 2.24) is 25.5 Å². The summed E-state index contributed by atoms with van der Waals surface area (Å²) in [4.78, 5) is 23.6. The van der Waals surface area contributed by atoms with E-state index in [0.717, 1.165) is 25.2 Å². The van der Waals surface area contributed by atoms with Gasteiger partial charge in [0.2, 0.25) is 5.95 Å². The number of aromatic nitrogens is 4. The van der Waals surface area contributed by atoms with Crippen molar-refractivity contribution in [1.29, 1.82) is 0 Å². The first-order valence-corrected chi connectivity index (χ1v) is 10.7. The molecular formula is C21H29N7O2. The van der Waals surface area contributed by atoms with Gasteiger partial charge in [-0.05, 0) is 58.4 Å². The molecule has 4 heterocycles. The molecule has 0 aromatic carbocycles. The summed E-state index contributed by atoms with van der Waals surface area (Å²) in [5.41, 5.74) is 0.407. The molecule has 9 heteroatoms. The Morgan fingerprint density at radius 1 is 1.30 bits per heavy atom. The van der Waals surface area contributed by atoms with Crippen molar-refractivity contribution in [2.45, 2.75) is 63.5 Å². The lowest BCUT2D eigenvalue weighted by atomic mass is 9.65. The van der Waals surface area contributed by atoms with Gasteiger partial charge >= 0.3 is 6.09 Å². The number of rotatable bonds is 5. The summed E-state index contributed by atoms with van der Waals surface area (Å²) in [7, 11) is 0. The molecule has 2 aliphatic heterocycles. The molecule has 2 saturated heterocycles. The Labute approximate surface area is 176 Å². The monoisotopic (exact) mass is 411 g/mol. The summed E-state index contributed by atoms with van der Waals surface area (Å²) in [6.07, 6.45) is 5.80. The van der Waals surface area contributed by atoms with E-state index in [1.807, 2.05) is 26.8 Å². The van der Waals surface area contributed by atoms with E-state index in [2.05, 4.69) is 36.8 Å². The van der Waals surface area contributed by atoms with Crippen molar-refractivity contribution in [2.75, 3.05) is 23.3 Å². The number of alkyl carbamates (subject to hydrolysis) is 1. The SMILES string of the molecule is CC(C)(C)OC(=O)NC12CC(CN(c3nccc(Nc4cc(C5CC5)[nH]n4)n3)C1)C2. The second-order valence-corrected chi connectivity index (χ2v) is 9.91. The summed E-state index contributed by atoms with van der Waals surface area (Å²) < 4.78 is 5.46. The van der Waals surface area contributed by atoms with Crippen molar-refractivity contribution in [3.05, 3.63) is 24.0 Å². The first-order valence-electron chi connectivity index (χ1n) is 10.7. The van der Waals surface area contributed by atoms with E-state index >= 15 is 0 Å². The van der Waals surface area contributed by atoms with Crippen LogP contribution in [0.15, 0.2) is 18.3 Å². The Morgan fingerprint density at radius 2 is 2.10 bits per heavy atom. The Morgan fingerprint density at radius 3 is 2.83 bits per heavy atom. The number of piperidine rings is 2. The number of hydrogen-bond acceptors (Lipinski definition) is 7. The molecule has 2 saturated carbocycles. The zero-order valence-corrected chi connectivity index (χ0v) is 17.7. The number of carbonyl (C=O) groups is 1. The van der Waals surface area contributed by atoms with Crippen molar-refractivity contribution >= 4 is 23.7 Å². The highest BCUT2D eigenvalue weighted by Crippen LogP contribution is 2.44. The van der Waals surface area contributed by atoms with Crippen molar-refractivity contribution < 1.29 is 9.53 Å². The maximum Gasteiger partial charge on any atom is 0.408 e. The maximum atomic E-state index is 12.3. The van der Waals surface area contributed by atoms with Crippen molar-refractivity contribution in [3.8, 4) is 0 Å². The molecule has 6 rings (SSSR count). The van der Waals surface area contributed by atoms with E-state index in [1.54, 1.807) is 6.20 Å². The minimum absolute atomic E-state index is 0.264. The van der Waals surface area contributed by atoms with E-state index in [0.29, 0.717) is 30.1 Å². The Balaban J connectivity index is 1.25. The quantitative estimate of drug-likeness (QED) is 0.693. The largest absolute Gasteiger partial charge is 0.444 e. The molecule has 0 radical (unpaired) electrons. The molecule has 3 N–H and O–H groups in total. The van der Waals surface area contributed by atoms with Crippen LogP contribution in [-0.4, -0.2) is 50.5 Å². The normalized spacial score (nSPS) is 25.4. The van der Waals surface area contributed by atoms with Crippen LogP contribution < -0.4 is 15.5 Å². The molecule has 4 fully saturated rings. The number of anilines is 3. The third kappa shape index (κ3) is 4.06. The number of aromatic amines is 1. The van der Waals surface area contributed by atoms with Gasteiger partial charge in [-0.25, -0.2) is 9.78 Å². The van der Waals surface area contributed by atoms with E-state index in [-0.39, 0.29) is 11.6 Å². The van der Waals surface area contributed by atoms with Crippen molar-refractivity contribution in [3.63, 3.8) is 0 Å². The molecule has 2 aromatic heterocycles. The fourth-order valence-electron chi connectivity index (χ4n) is 4.56. The van der Waals surface area contributed by atoms with E-state index in [1.165, 1.54) is 18.5 Å². The Bertz CT molecular complexity index is 941. The topological polar surface area (TPSA) is 108 Å². The van der Waals surface area contributed by atoms with Crippen LogP contribution in [0.25, 0.3) is 0 Å². The first-order chi connectivity index (χ1) is 14.3. The standard InChI is InChI=1S/C21H29N7O2/c1-20(2,3)30-19(29)25-21-9-13(10-21)11-28(12-21)18-22-7-6-16(24-18)23-17-8-15(26-27-17)14-4-5-14/h6-8,13-14H,4-5,9-12H2,1-3H3,(H,25,29)(H2,22,23,24,26,27). The average Bonchev–Trinajstić information content (AvgIpc) is 3.39. The van der Waals surface area contributed by atoms with Gasteiger partial charge in [0.25, 0.3) is 0 Å². The number of hydrogen-bond donors (Lipinski definition) is 3. The highest BCUT2D eigenvalue weighted by molar-refractivity contribution is 5.69. The van der Waals surface area contributed by atoms with E-state index < -0.39 is 5.60 Å². The molecule has 0 atom stereocenters. The fraction of sp³-hybridized carbons (Fsp3) is 0.619. The molecule has 160 valence electrons. The van der Waals surface area contributed by atoms with Gasteiger partial charge in [0, 0.05) is 37.0 Å². The van der Waals surface area contributed by atoms with Gasteiger partial charge in [-0.3, -0.25) is 5.10 Å². The molecule has 1 amide bonds. The van der Waals surface area contributed by atoms with Crippen LogP contribution in [0, 0.1) is 5.92 Å². The molecule has 2 aromatic rings. The predicted octanol–water partition coefficient (Wildman–Crippen LogP) is 3.31. The molecule has 4 aliphatic rings. The molecule has 30 heavy (non-hydrogen) atoms. The van der Waals surface area contributed by atoms with Gasteiger partial charge in [0.15, 0.2) is 5.82 Å². The van der Waals surface area contributed by atoms with Gasteiger partial charge in [-0.15, -0.1) is 0 Å². The minimum atomic E-state index is -0.507. The molecule has 0 unspecified atom stereocenters. The molecule has 2 bridgehead atoms. The second kappa shape index (κ2) is 6.85. The number of carbonyl (C=O) groups excluding carboxylic acids is 1. The molecule has 0 spiro atoms. The van der Waals surface area contributed by atoms with Crippen LogP contribution in [0.3, 0.4) is 0 Å². The van der Waals surface area contributed by atoms with Crippen LogP contribution in [0.1, 0.15) is 58.1 Å². The second-order valence-electron chi connectivity index (χ2n) is 9.91. The average molecular weight is 412 g/mol. The van der Waals surface area contributed by atoms with Crippen LogP contribution in [0.2, 0.25) is 0 Å². The predicted molar refractivity (Wildman–Crippen MR) is 113 cm³/mol. The summed E-state index contributed by atoms with van der Waals surface area (Å²) in [6.45, 7) is 7.21. The highest BCUT2D eigenvalue weighted by atomic mass is 16.6. The van der Waals surface area contributed by atoms with Crippen LogP contribution in [-0.2, 0) is 4.74 Å². The van der Waals surface area contributed by atoms with Gasteiger partial charge in [-0.2, -0.15) is 10.1 Å². The number of nitrogens with one attached hydrogen (secondary N) is 3. The van der Waals surface area contributed by atoms with Crippen LogP contribution in [0.5, 0.6) is 0 Å². The van der Waals surface area contributed by atoms with Gasteiger partial charge in [0.05, 0.1) is 5.54 Å². The molecule has 2 aliphatic carbocycles. The Hall–Kier alpha value is -2.84. The van der Waals surface area contributed by atoms with Crippen molar-refractivity contribution in [2.24, 2.45) is 5.92 Å². The molecular weight excluding hydrogens is 382 g/mol. The lowest BCUT2D eigenvalue weighted by Gasteiger charge is -2.56. The fourth-order valence-corrected chi connectivity index (χ4v) is 4.56. The number of H-pyrrole nitrogens is 1. The third-order valence-corrected chi connectivity index (χ3v) is 5.89. The maximum absolute atomic E-state index is 12.3. The third-order valence-electron chi connectivity index (χ3n) is 5.89.